The first-order chi connectivity index (χ1) is 8.12. The zero-order valence-electron chi connectivity index (χ0n) is 10.6. The molecule has 0 amide bonds. The van der Waals surface area contributed by atoms with Crippen molar-refractivity contribution in [3.05, 3.63) is 11.9 Å². The van der Waals surface area contributed by atoms with Crippen LogP contribution in [0.1, 0.15) is 19.5 Å². The summed E-state index contributed by atoms with van der Waals surface area (Å²) in [5, 5.41) is 8.22. The van der Waals surface area contributed by atoms with Gasteiger partial charge in [0, 0.05) is 31.4 Å². The van der Waals surface area contributed by atoms with Crippen LogP contribution >= 0.6 is 0 Å². The summed E-state index contributed by atoms with van der Waals surface area (Å²) in [6.07, 6.45) is 1.97. The summed E-state index contributed by atoms with van der Waals surface area (Å²) in [4.78, 5) is 2.38. The van der Waals surface area contributed by atoms with Gasteiger partial charge in [-0.15, -0.1) is 5.10 Å². The van der Waals surface area contributed by atoms with E-state index in [-0.39, 0.29) is 5.54 Å². The highest BCUT2D eigenvalue weighted by Gasteiger charge is 2.30. The summed E-state index contributed by atoms with van der Waals surface area (Å²) in [7, 11) is 0. The number of morpholine rings is 1. The summed E-state index contributed by atoms with van der Waals surface area (Å²) in [6.45, 7) is 9.01. The first-order valence-electron chi connectivity index (χ1n) is 6.04. The van der Waals surface area contributed by atoms with Crippen molar-refractivity contribution in [2.45, 2.75) is 32.5 Å². The molecule has 6 heteroatoms. The molecule has 1 fully saturated rings. The van der Waals surface area contributed by atoms with Gasteiger partial charge in [-0.1, -0.05) is 5.21 Å². The first kappa shape index (κ1) is 12.5. The Kier molecular flexibility index (Phi) is 3.76. The Hall–Kier alpha value is -0.980. The summed E-state index contributed by atoms with van der Waals surface area (Å²) in [5.41, 5.74) is 6.54. The molecule has 0 spiro atoms. The van der Waals surface area contributed by atoms with Crippen LogP contribution in [0.4, 0.5) is 0 Å². The number of nitrogens with two attached hydrogens (primary N) is 1. The van der Waals surface area contributed by atoms with Crippen molar-refractivity contribution in [3.63, 3.8) is 0 Å². The van der Waals surface area contributed by atoms with Gasteiger partial charge in [-0.2, -0.15) is 0 Å². The molecule has 1 aliphatic heterocycles. The minimum absolute atomic E-state index is 0.0654. The number of hydrogen-bond donors (Lipinski definition) is 1. The number of rotatable bonds is 4. The predicted octanol–water partition coefficient (Wildman–Crippen LogP) is -0.152. The lowest BCUT2D eigenvalue weighted by atomic mass is 10.0. The van der Waals surface area contributed by atoms with Crippen LogP contribution in [0.5, 0.6) is 0 Å². The maximum atomic E-state index is 5.50. The van der Waals surface area contributed by atoms with E-state index in [1.165, 1.54) is 0 Å². The van der Waals surface area contributed by atoms with Gasteiger partial charge in [-0.05, 0) is 13.8 Å². The van der Waals surface area contributed by atoms with Crippen LogP contribution in [0, 0.1) is 0 Å². The second-order valence-electron chi connectivity index (χ2n) is 5.05. The smallest absolute Gasteiger partial charge is 0.0967 e. The van der Waals surface area contributed by atoms with Crippen molar-refractivity contribution in [3.8, 4) is 0 Å². The lowest BCUT2D eigenvalue weighted by molar-refractivity contribution is -0.0558. The van der Waals surface area contributed by atoms with Crippen molar-refractivity contribution in [1.29, 1.82) is 0 Å². The average Bonchev–Trinajstić information content (AvgIpc) is 2.70. The van der Waals surface area contributed by atoms with Gasteiger partial charge in [0.2, 0.25) is 0 Å². The molecule has 0 aromatic carbocycles. The Bertz CT molecular complexity index is 362. The molecule has 0 radical (unpaired) electrons. The molecular formula is C11H21N5O. The van der Waals surface area contributed by atoms with Crippen LogP contribution in [0.15, 0.2) is 6.20 Å². The molecule has 0 saturated carbocycles. The van der Waals surface area contributed by atoms with Crippen molar-refractivity contribution >= 4 is 0 Å². The monoisotopic (exact) mass is 239 g/mol. The van der Waals surface area contributed by atoms with Gasteiger partial charge < -0.3 is 10.5 Å². The third-order valence-corrected chi connectivity index (χ3v) is 3.11. The van der Waals surface area contributed by atoms with Crippen molar-refractivity contribution in [1.82, 2.24) is 19.9 Å². The second kappa shape index (κ2) is 5.12. The van der Waals surface area contributed by atoms with Crippen LogP contribution < -0.4 is 5.73 Å². The van der Waals surface area contributed by atoms with Crippen LogP contribution in [0.25, 0.3) is 0 Å². The fraction of sp³-hybridized carbons (Fsp3) is 0.818. The van der Waals surface area contributed by atoms with E-state index in [1.807, 2.05) is 6.20 Å². The number of hydrogen-bond acceptors (Lipinski definition) is 5. The quantitative estimate of drug-likeness (QED) is 0.791. The highest BCUT2D eigenvalue weighted by Crippen LogP contribution is 2.20. The SMILES string of the molecule is CC1(C)COCCN1Cc1cn(CCN)nn1. The van der Waals surface area contributed by atoms with E-state index >= 15 is 0 Å². The molecular weight excluding hydrogens is 218 g/mol. The molecule has 17 heavy (non-hydrogen) atoms. The minimum atomic E-state index is 0.0654. The largest absolute Gasteiger partial charge is 0.378 e. The van der Waals surface area contributed by atoms with Crippen LogP contribution in [0.2, 0.25) is 0 Å². The third kappa shape index (κ3) is 3.02. The highest BCUT2D eigenvalue weighted by molar-refractivity contribution is 4.96. The summed E-state index contributed by atoms with van der Waals surface area (Å²) >= 11 is 0. The Morgan fingerprint density at radius 1 is 1.53 bits per heavy atom. The molecule has 0 aliphatic carbocycles. The van der Waals surface area contributed by atoms with E-state index in [1.54, 1.807) is 4.68 Å². The Balaban J connectivity index is 1.98. The molecule has 0 unspecified atom stereocenters. The number of ether oxygens (including phenoxy) is 1. The zero-order valence-corrected chi connectivity index (χ0v) is 10.6. The van der Waals surface area contributed by atoms with Gasteiger partial charge >= 0.3 is 0 Å². The van der Waals surface area contributed by atoms with Gasteiger partial charge in [0.1, 0.15) is 0 Å². The fourth-order valence-corrected chi connectivity index (χ4v) is 2.03. The van der Waals surface area contributed by atoms with Crippen molar-refractivity contribution in [2.75, 3.05) is 26.3 Å². The molecule has 2 rings (SSSR count). The van der Waals surface area contributed by atoms with Gasteiger partial charge in [-0.25, -0.2) is 0 Å². The topological polar surface area (TPSA) is 69.2 Å². The van der Waals surface area contributed by atoms with E-state index in [2.05, 4.69) is 29.1 Å². The van der Waals surface area contributed by atoms with Crippen molar-refractivity contribution in [2.24, 2.45) is 5.73 Å². The summed E-state index contributed by atoms with van der Waals surface area (Å²) in [5.74, 6) is 0. The van der Waals surface area contributed by atoms with E-state index in [4.69, 9.17) is 10.5 Å². The molecule has 0 bridgehead atoms. The Morgan fingerprint density at radius 2 is 2.35 bits per heavy atom. The number of nitrogens with zero attached hydrogens (tertiary/aromatic N) is 4. The molecule has 1 saturated heterocycles. The van der Waals surface area contributed by atoms with Crippen molar-refractivity contribution < 1.29 is 4.74 Å². The number of aromatic nitrogens is 3. The lowest BCUT2D eigenvalue weighted by Crippen LogP contribution is -2.52. The van der Waals surface area contributed by atoms with Gasteiger partial charge in [0.15, 0.2) is 0 Å². The molecule has 1 aliphatic rings. The van der Waals surface area contributed by atoms with Crippen LogP contribution in [0.3, 0.4) is 0 Å². The van der Waals surface area contributed by atoms with E-state index in [9.17, 15) is 0 Å². The minimum Gasteiger partial charge on any atom is -0.378 e. The normalized spacial score (nSPS) is 20.6. The van der Waals surface area contributed by atoms with E-state index < -0.39 is 0 Å². The summed E-state index contributed by atoms with van der Waals surface area (Å²) in [6, 6.07) is 0. The second-order valence-corrected chi connectivity index (χ2v) is 5.05. The standard InChI is InChI=1S/C11H21N5O/c1-11(2)9-17-6-5-15(11)7-10-8-16(4-3-12)14-13-10/h8H,3-7,9,12H2,1-2H3. The predicted molar refractivity (Wildman–Crippen MR) is 64.4 cm³/mol. The van der Waals surface area contributed by atoms with Gasteiger partial charge in [0.05, 0.1) is 25.5 Å². The average molecular weight is 239 g/mol. The Labute approximate surface area is 102 Å². The van der Waals surface area contributed by atoms with Crippen LogP contribution in [-0.4, -0.2) is 51.7 Å². The molecule has 96 valence electrons. The maximum Gasteiger partial charge on any atom is 0.0967 e. The van der Waals surface area contributed by atoms with Crippen LogP contribution in [-0.2, 0) is 17.8 Å². The molecule has 0 atom stereocenters. The fourth-order valence-electron chi connectivity index (χ4n) is 2.03. The third-order valence-electron chi connectivity index (χ3n) is 3.11. The van der Waals surface area contributed by atoms with E-state index in [0.29, 0.717) is 6.54 Å². The molecule has 2 N–H and O–H groups in total. The molecule has 2 heterocycles. The molecule has 1 aromatic heterocycles. The maximum absolute atomic E-state index is 5.50. The lowest BCUT2D eigenvalue weighted by Gasteiger charge is -2.41. The Morgan fingerprint density at radius 3 is 3.06 bits per heavy atom. The zero-order chi connectivity index (χ0) is 12.3. The van der Waals surface area contributed by atoms with Gasteiger partial charge in [-0.3, -0.25) is 9.58 Å². The van der Waals surface area contributed by atoms with Gasteiger partial charge in [0.25, 0.3) is 0 Å². The van der Waals surface area contributed by atoms with E-state index in [0.717, 1.165) is 38.5 Å². The first-order valence-corrected chi connectivity index (χ1v) is 6.04. The summed E-state index contributed by atoms with van der Waals surface area (Å²) < 4.78 is 7.29. The highest BCUT2D eigenvalue weighted by atomic mass is 16.5. The molecule has 1 aromatic rings. The molecule has 6 nitrogen and oxygen atoms in total.